The van der Waals surface area contributed by atoms with Crippen LogP contribution in [0.15, 0.2) is 17.5 Å². The molecule has 0 aliphatic carbocycles. The molecule has 2 nitrogen and oxygen atoms in total. The van der Waals surface area contributed by atoms with Crippen molar-refractivity contribution < 1.29 is 0 Å². The van der Waals surface area contributed by atoms with E-state index in [1.165, 1.54) is 37.5 Å². The van der Waals surface area contributed by atoms with Crippen LogP contribution in [0.3, 0.4) is 0 Å². The molecule has 0 spiro atoms. The number of thiophene rings is 1. The summed E-state index contributed by atoms with van der Waals surface area (Å²) in [6, 6.07) is 5.22. The van der Waals surface area contributed by atoms with E-state index in [-0.39, 0.29) is 0 Å². The highest BCUT2D eigenvalue weighted by atomic mass is 32.1. The molecule has 3 heteroatoms. The van der Waals surface area contributed by atoms with Gasteiger partial charge in [-0.1, -0.05) is 6.07 Å². The van der Waals surface area contributed by atoms with Crippen molar-refractivity contribution in [2.45, 2.75) is 19.0 Å². The average Bonchev–Trinajstić information content (AvgIpc) is 2.85. The van der Waals surface area contributed by atoms with Gasteiger partial charge < -0.3 is 5.32 Å². The lowest BCUT2D eigenvalue weighted by atomic mass is 10.1. The van der Waals surface area contributed by atoms with Crippen LogP contribution in [0.1, 0.15) is 11.3 Å². The molecule has 2 saturated heterocycles. The molecule has 76 valence electrons. The average molecular weight is 208 g/mol. The van der Waals surface area contributed by atoms with Gasteiger partial charge in [0.05, 0.1) is 0 Å². The molecule has 0 aromatic carbocycles. The van der Waals surface area contributed by atoms with Crippen LogP contribution in [0.4, 0.5) is 0 Å². The van der Waals surface area contributed by atoms with Crippen LogP contribution < -0.4 is 5.32 Å². The first-order valence-corrected chi connectivity index (χ1v) is 6.28. The fourth-order valence-electron chi connectivity index (χ4n) is 2.74. The summed E-state index contributed by atoms with van der Waals surface area (Å²) in [5.74, 6) is 0.926. The Balaban J connectivity index is 1.68. The summed E-state index contributed by atoms with van der Waals surface area (Å²) >= 11 is 1.88. The van der Waals surface area contributed by atoms with Gasteiger partial charge in [-0.25, -0.2) is 0 Å². The van der Waals surface area contributed by atoms with Crippen LogP contribution in [-0.2, 0) is 6.54 Å². The second-order valence-electron chi connectivity index (χ2n) is 4.32. The molecule has 2 aliphatic heterocycles. The van der Waals surface area contributed by atoms with Crippen LogP contribution in [0.5, 0.6) is 0 Å². The van der Waals surface area contributed by atoms with Gasteiger partial charge in [0.25, 0.3) is 0 Å². The van der Waals surface area contributed by atoms with Gasteiger partial charge in [0, 0.05) is 24.0 Å². The molecule has 2 aliphatic rings. The first kappa shape index (κ1) is 8.89. The Morgan fingerprint density at radius 1 is 1.50 bits per heavy atom. The fraction of sp³-hybridized carbons (Fsp3) is 0.636. The highest BCUT2D eigenvalue weighted by Crippen LogP contribution is 2.29. The molecule has 1 aromatic rings. The molecule has 0 amide bonds. The maximum Gasteiger partial charge on any atom is 0.0331 e. The van der Waals surface area contributed by atoms with E-state index in [0.717, 1.165) is 12.0 Å². The van der Waals surface area contributed by atoms with E-state index in [0.29, 0.717) is 0 Å². The molecule has 1 N–H and O–H groups in total. The maximum atomic E-state index is 3.50. The minimum absolute atomic E-state index is 0.817. The van der Waals surface area contributed by atoms with Crippen LogP contribution in [0.25, 0.3) is 0 Å². The molecule has 0 bridgehead atoms. The molecule has 2 fully saturated rings. The minimum Gasteiger partial charge on any atom is -0.315 e. The quantitative estimate of drug-likeness (QED) is 0.793. The van der Waals surface area contributed by atoms with E-state index in [9.17, 15) is 0 Å². The van der Waals surface area contributed by atoms with Gasteiger partial charge in [0.15, 0.2) is 0 Å². The van der Waals surface area contributed by atoms with E-state index in [1.54, 1.807) is 0 Å². The summed E-state index contributed by atoms with van der Waals surface area (Å²) in [6.45, 7) is 4.91. The number of hydrogen-bond donors (Lipinski definition) is 1. The topological polar surface area (TPSA) is 15.3 Å². The first-order valence-electron chi connectivity index (χ1n) is 5.40. The number of nitrogens with zero attached hydrogens (tertiary/aromatic N) is 1. The van der Waals surface area contributed by atoms with Crippen molar-refractivity contribution >= 4 is 11.3 Å². The van der Waals surface area contributed by atoms with Crippen molar-refractivity contribution in [3.05, 3.63) is 22.4 Å². The van der Waals surface area contributed by atoms with E-state index in [4.69, 9.17) is 0 Å². The van der Waals surface area contributed by atoms with E-state index >= 15 is 0 Å². The van der Waals surface area contributed by atoms with Crippen LogP contribution in [0, 0.1) is 5.92 Å². The highest BCUT2D eigenvalue weighted by Gasteiger charge is 2.37. The second-order valence-corrected chi connectivity index (χ2v) is 5.36. The summed E-state index contributed by atoms with van der Waals surface area (Å²) in [5, 5.41) is 5.67. The van der Waals surface area contributed by atoms with Gasteiger partial charge in [-0.3, -0.25) is 4.90 Å². The monoisotopic (exact) mass is 208 g/mol. The van der Waals surface area contributed by atoms with Gasteiger partial charge in [0.1, 0.15) is 0 Å². The normalized spacial score (nSPS) is 32.3. The molecule has 3 rings (SSSR count). The predicted molar refractivity (Wildman–Crippen MR) is 59.5 cm³/mol. The Bertz CT molecular complexity index is 296. The van der Waals surface area contributed by atoms with Crippen molar-refractivity contribution in [3.63, 3.8) is 0 Å². The zero-order chi connectivity index (χ0) is 9.38. The summed E-state index contributed by atoms with van der Waals surface area (Å²) in [7, 11) is 0. The first-order chi connectivity index (χ1) is 6.93. The standard InChI is InChI=1S/C11H16N2S/c1-2-10(14-5-1)8-13-4-3-9-6-12-7-11(9)13/h1-2,5,9,11-12H,3-4,6-8H2/t9-,11+/m0/s1. The Hall–Kier alpha value is -0.380. The van der Waals surface area contributed by atoms with Crippen LogP contribution >= 0.6 is 11.3 Å². The summed E-state index contributed by atoms with van der Waals surface area (Å²) in [4.78, 5) is 4.16. The van der Waals surface area contributed by atoms with Crippen LogP contribution in [0.2, 0.25) is 0 Å². The largest absolute Gasteiger partial charge is 0.315 e. The summed E-state index contributed by atoms with van der Waals surface area (Å²) in [5.41, 5.74) is 0. The van der Waals surface area contributed by atoms with Crippen LogP contribution in [-0.4, -0.2) is 30.6 Å². The Kier molecular flexibility index (Phi) is 2.32. The number of rotatable bonds is 2. The fourth-order valence-corrected chi connectivity index (χ4v) is 3.47. The molecule has 2 atom stereocenters. The third kappa shape index (κ3) is 1.49. The summed E-state index contributed by atoms with van der Waals surface area (Å²) < 4.78 is 0. The predicted octanol–water partition coefficient (Wildman–Crippen LogP) is 1.54. The van der Waals surface area contributed by atoms with E-state index in [2.05, 4.69) is 27.7 Å². The smallest absolute Gasteiger partial charge is 0.0331 e. The van der Waals surface area contributed by atoms with Gasteiger partial charge in [-0.05, 0) is 36.9 Å². The summed E-state index contributed by atoms with van der Waals surface area (Å²) in [6.07, 6.45) is 1.39. The van der Waals surface area contributed by atoms with Crippen molar-refractivity contribution in [1.29, 1.82) is 0 Å². The molecule has 14 heavy (non-hydrogen) atoms. The number of likely N-dealkylation sites (tertiary alicyclic amines) is 1. The SMILES string of the molecule is c1csc(CN2CC[C@H]3CNC[C@H]32)c1. The Morgan fingerprint density at radius 2 is 2.50 bits per heavy atom. The van der Waals surface area contributed by atoms with E-state index < -0.39 is 0 Å². The molecular weight excluding hydrogens is 192 g/mol. The molecule has 1 aromatic heterocycles. The van der Waals surface area contributed by atoms with Gasteiger partial charge in [-0.2, -0.15) is 0 Å². The maximum absolute atomic E-state index is 3.50. The third-order valence-electron chi connectivity index (χ3n) is 3.50. The Labute approximate surface area is 88.9 Å². The van der Waals surface area contributed by atoms with Crippen molar-refractivity contribution in [2.24, 2.45) is 5.92 Å². The Morgan fingerprint density at radius 3 is 3.36 bits per heavy atom. The lowest BCUT2D eigenvalue weighted by molar-refractivity contribution is 0.246. The van der Waals surface area contributed by atoms with Crippen molar-refractivity contribution in [3.8, 4) is 0 Å². The van der Waals surface area contributed by atoms with E-state index in [1.807, 2.05) is 11.3 Å². The number of nitrogens with one attached hydrogen (secondary N) is 1. The zero-order valence-electron chi connectivity index (χ0n) is 8.28. The van der Waals surface area contributed by atoms with Gasteiger partial charge in [-0.15, -0.1) is 11.3 Å². The van der Waals surface area contributed by atoms with Gasteiger partial charge in [0.2, 0.25) is 0 Å². The third-order valence-corrected chi connectivity index (χ3v) is 4.36. The minimum atomic E-state index is 0.817. The number of fused-ring (bicyclic) bond motifs is 1. The molecule has 0 radical (unpaired) electrons. The molecule has 0 saturated carbocycles. The second kappa shape index (κ2) is 3.65. The molecule has 0 unspecified atom stereocenters. The highest BCUT2D eigenvalue weighted by molar-refractivity contribution is 7.09. The molecule has 3 heterocycles. The lowest BCUT2D eigenvalue weighted by Crippen LogP contribution is -2.33. The van der Waals surface area contributed by atoms with Crippen molar-refractivity contribution in [1.82, 2.24) is 10.2 Å². The number of hydrogen-bond acceptors (Lipinski definition) is 3. The zero-order valence-corrected chi connectivity index (χ0v) is 9.09. The van der Waals surface area contributed by atoms with Gasteiger partial charge >= 0.3 is 0 Å². The van der Waals surface area contributed by atoms with Crippen molar-refractivity contribution in [2.75, 3.05) is 19.6 Å². The molecular formula is C11H16N2S. The lowest BCUT2D eigenvalue weighted by Gasteiger charge is -2.22.